The van der Waals surface area contributed by atoms with Crippen LogP contribution in [0.5, 0.6) is 0 Å². The van der Waals surface area contributed by atoms with Gasteiger partial charge in [0.1, 0.15) is 6.54 Å². The lowest BCUT2D eigenvalue weighted by molar-refractivity contribution is -0.137. The molecule has 1 N–H and O–H groups in total. The number of pyridine rings is 1. The van der Waals surface area contributed by atoms with Gasteiger partial charge >= 0.3 is 5.97 Å². The highest BCUT2D eigenvalue weighted by Gasteiger charge is 2.22. The number of aromatic nitrogens is 2. The van der Waals surface area contributed by atoms with Gasteiger partial charge in [0.2, 0.25) is 0 Å². The van der Waals surface area contributed by atoms with Crippen molar-refractivity contribution in [1.29, 1.82) is 0 Å². The second-order valence-corrected chi connectivity index (χ2v) is 4.70. The number of fused-ring (bicyclic) bond motifs is 3. The van der Waals surface area contributed by atoms with E-state index >= 15 is 0 Å². The highest BCUT2D eigenvalue weighted by Crippen LogP contribution is 2.32. The molecule has 2 aromatic rings. The molecule has 0 unspecified atom stereocenters. The molecule has 0 fully saturated rings. The van der Waals surface area contributed by atoms with Gasteiger partial charge in [-0.05, 0) is 31.4 Å². The van der Waals surface area contributed by atoms with E-state index in [4.69, 9.17) is 5.11 Å². The Morgan fingerprint density at radius 1 is 1.50 bits per heavy atom. The van der Waals surface area contributed by atoms with E-state index in [0.29, 0.717) is 0 Å². The molecule has 0 radical (unpaired) electrons. The van der Waals surface area contributed by atoms with Crippen LogP contribution in [0.2, 0.25) is 0 Å². The van der Waals surface area contributed by atoms with Crippen molar-refractivity contribution in [2.24, 2.45) is 0 Å². The number of aliphatic carboxylic acids is 1. The quantitative estimate of drug-likeness (QED) is 0.821. The average Bonchev–Trinajstić information content (AvgIpc) is 2.64. The van der Waals surface area contributed by atoms with Gasteiger partial charge in [-0.15, -0.1) is 0 Å². The van der Waals surface area contributed by atoms with Gasteiger partial charge in [0, 0.05) is 17.5 Å². The average molecular weight is 242 g/mol. The molecule has 1 aliphatic carbocycles. The summed E-state index contributed by atoms with van der Waals surface area (Å²) in [6.45, 7) is 4.04. The van der Waals surface area contributed by atoms with Gasteiger partial charge in [0.15, 0.2) is 0 Å². The monoisotopic (exact) mass is 242 g/mol. The van der Waals surface area contributed by atoms with Crippen LogP contribution < -0.4 is 0 Å². The third-order valence-corrected chi connectivity index (χ3v) is 3.47. The smallest absolute Gasteiger partial charge is 0.323 e. The van der Waals surface area contributed by atoms with Crippen LogP contribution in [0.4, 0.5) is 0 Å². The van der Waals surface area contributed by atoms with E-state index in [1.165, 1.54) is 5.57 Å². The summed E-state index contributed by atoms with van der Waals surface area (Å²) in [5, 5.41) is 9.04. The summed E-state index contributed by atoms with van der Waals surface area (Å²) in [6, 6.07) is 3.79. The number of carbonyl (C=O) groups is 1. The van der Waals surface area contributed by atoms with Gasteiger partial charge in [-0.1, -0.05) is 12.2 Å². The highest BCUT2D eigenvalue weighted by atomic mass is 16.4. The molecule has 1 aliphatic rings. The number of rotatable bonds is 2. The van der Waals surface area contributed by atoms with Crippen LogP contribution in [0.25, 0.3) is 11.0 Å². The van der Waals surface area contributed by atoms with Crippen molar-refractivity contribution >= 4 is 17.0 Å². The van der Waals surface area contributed by atoms with E-state index < -0.39 is 5.97 Å². The van der Waals surface area contributed by atoms with Crippen molar-refractivity contribution in [2.75, 3.05) is 0 Å². The van der Waals surface area contributed by atoms with E-state index in [1.807, 2.05) is 16.7 Å². The minimum absolute atomic E-state index is 0.00397. The Kier molecular flexibility index (Phi) is 2.44. The number of nitrogens with zero attached hydrogens (tertiary/aromatic N) is 2. The van der Waals surface area contributed by atoms with Gasteiger partial charge < -0.3 is 9.67 Å². The van der Waals surface area contributed by atoms with Gasteiger partial charge in [0.25, 0.3) is 0 Å². The number of allylic oxidation sites excluding steroid dienone is 1. The normalized spacial score (nSPS) is 14.8. The number of hydrogen-bond donors (Lipinski definition) is 1. The number of carboxylic acid groups (broad SMARTS) is 1. The SMILES string of the molecule is C=C1CCc2c(c3ncccc3n2CC(=O)O)C1. The van der Waals surface area contributed by atoms with E-state index in [-0.39, 0.29) is 6.54 Å². The summed E-state index contributed by atoms with van der Waals surface area (Å²) in [7, 11) is 0. The Balaban J connectivity index is 2.27. The third-order valence-electron chi connectivity index (χ3n) is 3.47. The molecule has 0 bridgehead atoms. The Morgan fingerprint density at radius 2 is 2.33 bits per heavy atom. The first-order valence-corrected chi connectivity index (χ1v) is 6.00. The Bertz CT molecular complexity index is 655. The lowest BCUT2D eigenvalue weighted by atomic mass is 9.93. The predicted octanol–water partition coefficient (Wildman–Crippen LogP) is 2.17. The van der Waals surface area contributed by atoms with E-state index in [2.05, 4.69) is 11.6 Å². The minimum Gasteiger partial charge on any atom is -0.480 e. The van der Waals surface area contributed by atoms with E-state index in [1.54, 1.807) is 6.20 Å². The first kappa shape index (κ1) is 11.0. The van der Waals surface area contributed by atoms with Crippen LogP contribution in [0.3, 0.4) is 0 Å². The second-order valence-electron chi connectivity index (χ2n) is 4.70. The summed E-state index contributed by atoms with van der Waals surface area (Å²) in [6.07, 6.45) is 4.36. The molecular formula is C14H14N2O2. The lowest BCUT2D eigenvalue weighted by Gasteiger charge is -2.16. The fraction of sp³-hybridized carbons (Fsp3) is 0.286. The van der Waals surface area contributed by atoms with E-state index in [0.717, 1.165) is 41.6 Å². The van der Waals surface area contributed by atoms with Crippen LogP contribution in [0, 0.1) is 0 Å². The molecule has 0 saturated carbocycles. The molecule has 2 aromatic heterocycles. The summed E-state index contributed by atoms with van der Waals surface area (Å²) >= 11 is 0. The Labute approximate surface area is 105 Å². The molecule has 3 rings (SSSR count). The summed E-state index contributed by atoms with van der Waals surface area (Å²) < 4.78 is 1.88. The molecule has 0 aromatic carbocycles. The predicted molar refractivity (Wildman–Crippen MR) is 68.5 cm³/mol. The van der Waals surface area contributed by atoms with Crippen molar-refractivity contribution in [2.45, 2.75) is 25.8 Å². The zero-order chi connectivity index (χ0) is 12.7. The molecular weight excluding hydrogens is 228 g/mol. The standard InChI is InChI=1S/C14H14N2O2/c1-9-4-5-11-10(7-9)14-12(3-2-6-15-14)16(11)8-13(17)18/h2-3,6H,1,4-5,7-8H2,(H,17,18). The maximum atomic E-state index is 11.0. The van der Waals surface area contributed by atoms with Crippen molar-refractivity contribution < 1.29 is 9.90 Å². The van der Waals surface area contributed by atoms with Gasteiger partial charge in [-0.3, -0.25) is 9.78 Å². The maximum absolute atomic E-state index is 11.0. The molecule has 4 nitrogen and oxygen atoms in total. The largest absolute Gasteiger partial charge is 0.480 e. The molecule has 4 heteroatoms. The summed E-state index contributed by atoms with van der Waals surface area (Å²) in [5.41, 5.74) is 5.30. The zero-order valence-electron chi connectivity index (χ0n) is 10.0. The van der Waals surface area contributed by atoms with Crippen molar-refractivity contribution in [3.05, 3.63) is 41.7 Å². The molecule has 2 heterocycles. The maximum Gasteiger partial charge on any atom is 0.323 e. The Hall–Kier alpha value is -2.10. The molecule has 92 valence electrons. The lowest BCUT2D eigenvalue weighted by Crippen LogP contribution is -2.14. The van der Waals surface area contributed by atoms with Gasteiger partial charge in [0.05, 0.1) is 11.0 Å². The first-order valence-electron chi connectivity index (χ1n) is 6.00. The topological polar surface area (TPSA) is 55.1 Å². The molecule has 0 aliphatic heterocycles. The molecule has 0 spiro atoms. The fourth-order valence-corrected chi connectivity index (χ4v) is 2.71. The van der Waals surface area contributed by atoms with Crippen molar-refractivity contribution in [1.82, 2.24) is 9.55 Å². The van der Waals surface area contributed by atoms with Crippen molar-refractivity contribution in [3.63, 3.8) is 0 Å². The molecule has 0 amide bonds. The zero-order valence-corrected chi connectivity index (χ0v) is 10.0. The second kappa shape index (κ2) is 3.98. The molecule has 0 saturated heterocycles. The molecule has 0 atom stereocenters. The Morgan fingerprint density at radius 3 is 3.11 bits per heavy atom. The third kappa shape index (κ3) is 1.61. The highest BCUT2D eigenvalue weighted by molar-refractivity contribution is 5.83. The van der Waals surface area contributed by atoms with Crippen LogP contribution in [0.15, 0.2) is 30.5 Å². The van der Waals surface area contributed by atoms with Gasteiger partial charge in [-0.2, -0.15) is 0 Å². The van der Waals surface area contributed by atoms with Crippen LogP contribution >= 0.6 is 0 Å². The first-order chi connectivity index (χ1) is 8.66. The number of carboxylic acids is 1. The summed E-state index contributed by atoms with van der Waals surface area (Å²) in [4.78, 5) is 15.4. The van der Waals surface area contributed by atoms with Gasteiger partial charge in [-0.25, -0.2) is 0 Å². The van der Waals surface area contributed by atoms with Crippen molar-refractivity contribution in [3.8, 4) is 0 Å². The van der Waals surface area contributed by atoms with Crippen LogP contribution in [-0.2, 0) is 24.2 Å². The minimum atomic E-state index is -0.817. The van der Waals surface area contributed by atoms with E-state index in [9.17, 15) is 4.79 Å². The number of hydrogen-bond acceptors (Lipinski definition) is 2. The summed E-state index contributed by atoms with van der Waals surface area (Å²) in [5.74, 6) is -0.817. The fourth-order valence-electron chi connectivity index (χ4n) is 2.71. The van der Waals surface area contributed by atoms with Crippen LogP contribution in [-0.4, -0.2) is 20.6 Å². The molecule has 18 heavy (non-hydrogen) atoms. The van der Waals surface area contributed by atoms with Crippen LogP contribution in [0.1, 0.15) is 17.7 Å².